The van der Waals surface area contributed by atoms with Crippen LogP contribution >= 0.6 is 0 Å². The summed E-state index contributed by atoms with van der Waals surface area (Å²) in [4.78, 5) is 47.2. The van der Waals surface area contributed by atoms with Crippen LogP contribution in [0.25, 0.3) is 0 Å². The van der Waals surface area contributed by atoms with Crippen molar-refractivity contribution in [3.05, 3.63) is 35.9 Å². The van der Waals surface area contributed by atoms with E-state index in [-0.39, 0.29) is 59.1 Å². The molecule has 2 heterocycles. The normalized spacial score (nSPS) is 38.9. The van der Waals surface area contributed by atoms with Gasteiger partial charge in [-0.15, -0.1) is 0 Å². The molecular formula is C42H64N4O5. The van der Waals surface area contributed by atoms with Gasteiger partial charge < -0.3 is 25.3 Å². The van der Waals surface area contributed by atoms with E-state index in [1.807, 2.05) is 35.2 Å². The Morgan fingerprint density at radius 3 is 2.33 bits per heavy atom. The van der Waals surface area contributed by atoms with Crippen molar-refractivity contribution in [1.29, 1.82) is 0 Å². The molecule has 51 heavy (non-hydrogen) atoms. The van der Waals surface area contributed by atoms with Gasteiger partial charge in [0.1, 0.15) is 12.1 Å². The number of nitrogens with one attached hydrogen (secondary N) is 1. The van der Waals surface area contributed by atoms with Gasteiger partial charge in [0.15, 0.2) is 0 Å². The Morgan fingerprint density at radius 1 is 0.882 bits per heavy atom. The fraction of sp³-hybridized carbons (Fsp3) is 0.786. The van der Waals surface area contributed by atoms with Crippen LogP contribution in [0.5, 0.6) is 0 Å². The minimum Gasteiger partial charge on any atom is -0.393 e. The number of hydrogen-bond donors (Lipinski definition) is 3. The van der Waals surface area contributed by atoms with Gasteiger partial charge >= 0.3 is 0 Å². The number of benzene rings is 1. The Hall–Kier alpha value is -2.49. The van der Waals surface area contributed by atoms with Crippen LogP contribution in [0.4, 0.5) is 0 Å². The lowest BCUT2D eigenvalue weighted by Crippen LogP contribution is -2.63. The van der Waals surface area contributed by atoms with E-state index in [1.54, 1.807) is 4.90 Å². The third kappa shape index (κ3) is 7.01. The molecule has 3 N–H and O–H groups in total. The van der Waals surface area contributed by atoms with Crippen molar-refractivity contribution >= 4 is 17.7 Å². The smallest absolute Gasteiger partial charge is 0.245 e. The Morgan fingerprint density at radius 2 is 1.61 bits per heavy atom. The molecule has 4 aliphatic carbocycles. The van der Waals surface area contributed by atoms with Crippen LogP contribution in [0.1, 0.15) is 104 Å². The van der Waals surface area contributed by atoms with Crippen LogP contribution in [0.3, 0.4) is 0 Å². The number of hydrogen-bond acceptors (Lipinski definition) is 6. The molecule has 2 saturated heterocycles. The van der Waals surface area contributed by atoms with Gasteiger partial charge in [-0.1, -0.05) is 58.0 Å². The highest BCUT2D eigenvalue weighted by atomic mass is 16.3. The molecule has 6 fully saturated rings. The molecular weight excluding hydrogens is 640 g/mol. The minimum absolute atomic E-state index is 0.0229. The first-order chi connectivity index (χ1) is 24.4. The monoisotopic (exact) mass is 704 g/mol. The molecule has 9 nitrogen and oxygen atoms in total. The first-order valence-electron chi connectivity index (χ1n) is 20.4. The molecule has 3 amide bonds. The van der Waals surface area contributed by atoms with Crippen LogP contribution < -0.4 is 5.32 Å². The standard InChI is InChI=1S/C42H64N4O5/c1-27(2)23-33(43-38(49)24-28-9-6-5-7-10-28)39(50)46-18-8-11-34(46)40(51)45-21-19-44(20-22-45)35-26-42(4)29(25-36(35)47)12-13-30-31-14-15-37(48)41(31,3)17-16-32(30)42/h5-7,9-10,27,29-37,47-48H,8,11-26H2,1-4H3,(H,43,49)/t29-,30-,31-,32-,33-,34-,35-,36-,37-,41-,42-/m0/s1. The molecule has 0 spiro atoms. The van der Waals surface area contributed by atoms with Gasteiger partial charge in [-0.25, -0.2) is 0 Å². The highest BCUT2D eigenvalue weighted by Gasteiger charge is 2.61. The molecule has 7 rings (SSSR count). The lowest BCUT2D eigenvalue weighted by Gasteiger charge is -2.62. The summed E-state index contributed by atoms with van der Waals surface area (Å²) in [5, 5.41) is 25.5. The Labute approximate surface area is 305 Å². The van der Waals surface area contributed by atoms with Gasteiger partial charge in [0.05, 0.1) is 18.6 Å². The average Bonchev–Trinajstić information content (AvgIpc) is 3.72. The van der Waals surface area contributed by atoms with Crippen LogP contribution in [0.2, 0.25) is 0 Å². The zero-order valence-corrected chi connectivity index (χ0v) is 31.6. The van der Waals surface area contributed by atoms with E-state index < -0.39 is 12.1 Å². The number of aliphatic hydroxyl groups is 2. The average molecular weight is 705 g/mol. The van der Waals surface area contributed by atoms with E-state index in [0.717, 1.165) is 57.2 Å². The van der Waals surface area contributed by atoms with Gasteiger partial charge in [0.25, 0.3) is 0 Å². The lowest BCUT2D eigenvalue weighted by molar-refractivity contribution is -0.158. The number of amides is 3. The van der Waals surface area contributed by atoms with Gasteiger partial charge in [-0.2, -0.15) is 0 Å². The molecule has 0 aromatic heterocycles. The molecule has 282 valence electrons. The van der Waals surface area contributed by atoms with E-state index in [1.165, 1.54) is 19.3 Å². The molecule has 0 bridgehead atoms. The molecule has 2 aliphatic heterocycles. The molecule has 0 unspecified atom stereocenters. The number of rotatable bonds is 8. The lowest BCUT2D eigenvalue weighted by atomic mass is 9.44. The van der Waals surface area contributed by atoms with Crippen molar-refractivity contribution < 1.29 is 24.6 Å². The number of likely N-dealkylation sites (tertiary alicyclic amines) is 1. The number of carbonyl (C=O) groups is 3. The van der Waals surface area contributed by atoms with Crippen molar-refractivity contribution in [2.24, 2.45) is 40.4 Å². The molecule has 9 heteroatoms. The Balaban J connectivity index is 0.968. The first kappa shape index (κ1) is 36.9. The summed E-state index contributed by atoms with van der Waals surface area (Å²) >= 11 is 0. The van der Waals surface area contributed by atoms with Gasteiger partial charge in [-0.3, -0.25) is 19.3 Å². The second kappa shape index (κ2) is 14.7. The van der Waals surface area contributed by atoms with Gasteiger partial charge in [0, 0.05) is 38.8 Å². The summed E-state index contributed by atoms with van der Waals surface area (Å²) in [6, 6.07) is 8.53. The van der Waals surface area contributed by atoms with Crippen molar-refractivity contribution in [2.75, 3.05) is 32.7 Å². The van der Waals surface area contributed by atoms with E-state index in [0.29, 0.717) is 56.1 Å². The predicted molar refractivity (Wildman–Crippen MR) is 197 cm³/mol. The SMILES string of the molecule is CC(C)C[C@H](NC(=O)Cc1ccccc1)C(=O)N1CCC[C@H]1C(=O)N1CCN([C@H]2C[C@@]3(C)[C@@H](CC[C@@H]4[C@@H]3CC[C@]3(C)[C@@H](O)CC[C@@H]43)C[C@@H]2O)CC1. The molecule has 0 radical (unpaired) electrons. The van der Waals surface area contributed by atoms with Crippen molar-refractivity contribution in [3.63, 3.8) is 0 Å². The summed E-state index contributed by atoms with van der Waals surface area (Å²) < 4.78 is 0. The predicted octanol–water partition coefficient (Wildman–Crippen LogP) is 4.64. The summed E-state index contributed by atoms with van der Waals surface area (Å²) in [6.07, 6.45) is 10.4. The number of carbonyl (C=O) groups excluding carboxylic acids is 3. The van der Waals surface area contributed by atoms with Crippen molar-refractivity contribution in [2.45, 2.75) is 135 Å². The summed E-state index contributed by atoms with van der Waals surface area (Å²) in [5.41, 5.74) is 1.18. The zero-order chi connectivity index (χ0) is 36.1. The topological polar surface area (TPSA) is 113 Å². The number of fused-ring (bicyclic) bond motifs is 5. The molecule has 1 aromatic rings. The maximum absolute atomic E-state index is 14.1. The van der Waals surface area contributed by atoms with E-state index in [9.17, 15) is 24.6 Å². The summed E-state index contributed by atoms with van der Waals surface area (Å²) in [5.74, 6) is 2.43. The van der Waals surface area contributed by atoms with Crippen molar-refractivity contribution in [1.82, 2.24) is 20.0 Å². The van der Waals surface area contributed by atoms with Crippen molar-refractivity contribution in [3.8, 4) is 0 Å². The van der Waals surface area contributed by atoms with Crippen LogP contribution in [0, 0.1) is 40.4 Å². The minimum atomic E-state index is -0.652. The zero-order valence-electron chi connectivity index (χ0n) is 31.6. The van der Waals surface area contributed by atoms with Gasteiger partial charge in [0.2, 0.25) is 17.7 Å². The van der Waals surface area contributed by atoms with Crippen LogP contribution in [0.15, 0.2) is 30.3 Å². The number of piperazine rings is 1. The Bertz CT molecular complexity index is 1410. The third-order valence-electron chi connectivity index (χ3n) is 15.1. The van der Waals surface area contributed by atoms with E-state index in [4.69, 9.17) is 0 Å². The number of nitrogens with zero attached hydrogens (tertiary/aromatic N) is 3. The first-order valence-corrected chi connectivity index (χ1v) is 20.4. The number of aliphatic hydroxyl groups excluding tert-OH is 2. The second-order valence-corrected chi connectivity index (χ2v) is 18.3. The molecule has 1 aromatic carbocycles. The molecule has 11 atom stereocenters. The van der Waals surface area contributed by atoms with E-state index >= 15 is 0 Å². The molecule has 4 saturated carbocycles. The van der Waals surface area contributed by atoms with Crippen LogP contribution in [-0.4, -0.2) is 106 Å². The summed E-state index contributed by atoms with van der Waals surface area (Å²) in [7, 11) is 0. The van der Waals surface area contributed by atoms with E-state index in [2.05, 4.69) is 37.9 Å². The molecule has 6 aliphatic rings. The quantitative estimate of drug-likeness (QED) is 0.364. The maximum Gasteiger partial charge on any atom is 0.245 e. The largest absolute Gasteiger partial charge is 0.393 e. The Kier molecular flexibility index (Phi) is 10.6. The summed E-state index contributed by atoms with van der Waals surface area (Å²) in [6.45, 7) is 12.2. The maximum atomic E-state index is 14.1. The highest BCUT2D eigenvalue weighted by Crippen LogP contribution is 2.66. The fourth-order valence-electron chi connectivity index (χ4n) is 12.3. The van der Waals surface area contributed by atoms with Crippen LogP contribution in [-0.2, 0) is 20.8 Å². The highest BCUT2D eigenvalue weighted by molar-refractivity contribution is 5.93. The van der Waals surface area contributed by atoms with Gasteiger partial charge in [-0.05, 0) is 117 Å². The second-order valence-electron chi connectivity index (χ2n) is 18.3. The third-order valence-corrected chi connectivity index (χ3v) is 15.1. The fourth-order valence-corrected chi connectivity index (χ4v) is 12.3.